The molecule has 2 atom stereocenters. The third kappa shape index (κ3) is 5.22. The Morgan fingerprint density at radius 2 is 1.96 bits per heavy atom. The Bertz CT molecular complexity index is 891. The molecule has 1 aromatic carbocycles. The zero-order valence-electron chi connectivity index (χ0n) is 14.6. The van der Waals surface area contributed by atoms with Gasteiger partial charge in [0.15, 0.2) is 0 Å². The number of carbonyl (C=O) groups excluding carboxylic acids is 1. The molecule has 1 amide bonds. The highest BCUT2D eigenvalue weighted by Crippen LogP contribution is 2.24. The van der Waals surface area contributed by atoms with Crippen molar-refractivity contribution in [2.75, 3.05) is 6.26 Å². The first kappa shape index (κ1) is 19.8. The van der Waals surface area contributed by atoms with E-state index in [9.17, 15) is 17.6 Å². The fourth-order valence-corrected chi connectivity index (χ4v) is 2.55. The minimum Gasteiger partial charge on any atom is -0.410 e. The molecule has 0 spiro atoms. The molecular formula is C17H20FN3O4S. The minimum absolute atomic E-state index is 0.0308. The topological polar surface area (TPSA) is 102 Å². The second-order valence-electron chi connectivity index (χ2n) is 5.94. The number of halogens is 1. The van der Waals surface area contributed by atoms with Gasteiger partial charge >= 0.3 is 5.22 Å². The molecular weight excluding hydrogens is 361 g/mol. The Balaban J connectivity index is 2.16. The number of aromatic nitrogens is 2. The van der Waals surface area contributed by atoms with Crippen molar-refractivity contribution in [2.45, 2.75) is 31.5 Å². The van der Waals surface area contributed by atoms with Gasteiger partial charge in [-0.05, 0) is 29.7 Å². The second-order valence-corrected chi connectivity index (χ2v) is 7.83. The maximum atomic E-state index is 12.9. The van der Waals surface area contributed by atoms with Crippen LogP contribution in [0.1, 0.15) is 37.8 Å². The van der Waals surface area contributed by atoms with Crippen LogP contribution in [-0.4, -0.2) is 30.8 Å². The highest BCUT2D eigenvalue weighted by molar-refractivity contribution is 7.90. The summed E-state index contributed by atoms with van der Waals surface area (Å²) in [7, 11) is -3.62. The van der Waals surface area contributed by atoms with E-state index in [1.807, 2.05) is 13.8 Å². The first-order valence-electron chi connectivity index (χ1n) is 7.98. The van der Waals surface area contributed by atoms with E-state index < -0.39 is 27.0 Å². The normalized spacial score (nSPS) is 14.3. The molecule has 7 nitrogen and oxygen atoms in total. The summed E-state index contributed by atoms with van der Waals surface area (Å²) in [5.41, 5.74) is 0.666. The monoisotopic (exact) mass is 381 g/mol. The molecule has 0 aliphatic heterocycles. The Morgan fingerprint density at radius 1 is 1.31 bits per heavy atom. The van der Waals surface area contributed by atoms with Crippen molar-refractivity contribution in [2.24, 2.45) is 5.92 Å². The van der Waals surface area contributed by atoms with Crippen LogP contribution in [0.4, 0.5) is 4.39 Å². The maximum Gasteiger partial charge on any atom is 0.335 e. The lowest BCUT2D eigenvalue weighted by atomic mass is 9.99. The van der Waals surface area contributed by atoms with Crippen molar-refractivity contribution in [1.82, 2.24) is 15.5 Å². The highest BCUT2D eigenvalue weighted by atomic mass is 32.2. The average molecular weight is 381 g/mol. The standard InChI is InChI=1S/C17H20FN3O4S/c1-4-11(2)15(16-20-21-17(25-16)26(3,23)24)19-14(22)10-7-12-5-8-13(18)9-6-12/h5-11,15H,4H2,1-3H3,(H,19,22)/b10-7+/t11-,15+/m1/s1. The van der Waals surface area contributed by atoms with Crippen LogP contribution < -0.4 is 5.32 Å². The average Bonchev–Trinajstić information content (AvgIpc) is 3.08. The van der Waals surface area contributed by atoms with Crippen LogP contribution in [0.3, 0.4) is 0 Å². The first-order valence-corrected chi connectivity index (χ1v) is 9.87. The molecule has 0 unspecified atom stereocenters. The van der Waals surface area contributed by atoms with Gasteiger partial charge in [0.05, 0.1) is 0 Å². The molecule has 0 saturated carbocycles. The van der Waals surface area contributed by atoms with E-state index in [2.05, 4.69) is 15.5 Å². The summed E-state index contributed by atoms with van der Waals surface area (Å²) in [4.78, 5) is 12.2. The van der Waals surface area contributed by atoms with E-state index in [4.69, 9.17) is 4.42 Å². The molecule has 0 bridgehead atoms. The van der Waals surface area contributed by atoms with Crippen LogP contribution >= 0.6 is 0 Å². The van der Waals surface area contributed by atoms with Gasteiger partial charge in [0.1, 0.15) is 11.9 Å². The maximum absolute atomic E-state index is 12.9. The van der Waals surface area contributed by atoms with Gasteiger partial charge in [-0.25, -0.2) is 12.8 Å². The zero-order valence-corrected chi connectivity index (χ0v) is 15.5. The van der Waals surface area contributed by atoms with Crippen molar-refractivity contribution in [3.05, 3.63) is 47.6 Å². The minimum atomic E-state index is -3.62. The van der Waals surface area contributed by atoms with Crippen LogP contribution in [-0.2, 0) is 14.6 Å². The summed E-state index contributed by atoms with van der Waals surface area (Å²) in [5, 5.41) is 9.53. The quantitative estimate of drug-likeness (QED) is 0.740. The first-order chi connectivity index (χ1) is 12.2. The molecule has 0 fully saturated rings. The summed E-state index contributed by atoms with van der Waals surface area (Å²) < 4.78 is 41.1. The number of amides is 1. The summed E-state index contributed by atoms with van der Waals surface area (Å²) in [5.74, 6) is -0.811. The number of benzene rings is 1. The van der Waals surface area contributed by atoms with Gasteiger partial charge in [-0.15, -0.1) is 5.10 Å². The third-order valence-corrected chi connectivity index (χ3v) is 4.61. The fraction of sp³-hybridized carbons (Fsp3) is 0.353. The van der Waals surface area contributed by atoms with Gasteiger partial charge in [-0.3, -0.25) is 4.79 Å². The summed E-state index contributed by atoms with van der Waals surface area (Å²) >= 11 is 0. The van der Waals surface area contributed by atoms with Gasteiger partial charge in [0, 0.05) is 12.3 Å². The van der Waals surface area contributed by atoms with E-state index in [1.165, 1.54) is 24.3 Å². The summed E-state index contributed by atoms with van der Waals surface area (Å²) in [6, 6.07) is 5.05. The lowest BCUT2D eigenvalue weighted by Gasteiger charge is -2.20. The number of rotatable bonds is 7. The van der Waals surface area contributed by atoms with Gasteiger partial charge in [-0.1, -0.05) is 37.5 Å². The molecule has 2 rings (SSSR count). The van der Waals surface area contributed by atoms with Gasteiger partial charge in [0.2, 0.25) is 21.6 Å². The van der Waals surface area contributed by atoms with Crippen molar-refractivity contribution < 1.29 is 22.0 Å². The molecule has 1 aromatic heterocycles. The molecule has 0 saturated heterocycles. The lowest BCUT2D eigenvalue weighted by Crippen LogP contribution is -2.31. The number of nitrogens with zero attached hydrogens (tertiary/aromatic N) is 2. The molecule has 0 aliphatic carbocycles. The number of hydrogen-bond donors (Lipinski definition) is 1. The molecule has 140 valence electrons. The number of carbonyl (C=O) groups is 1. The second kappa shape index (κ2) is 8.22. The Morgan fingerprint density at radius 3 is 2.50 bits per heavy atom. The Kier molecular flexibility index (Phi) is 6.25. The van der Waals surface area contributed by atoms with E-state index >= 15 is 0 Å². The number of hydrogen-bond acceptors (Lipinski definition) is 6. The summed E-state index contributed by atoms with van der Waals surface area (Å²) in [6.07, 6.45) is 4.50. The van der Waals surface area contributed by atoms with Crippen LogP contribution in [0, 0.1) is 11.7 Å². The predicted molar refractivity (Wildman–Crippen MR) is 93.2 cm³/mol. The van der Waals surface area contributed by atoms with Crippen molar-refractivity contribution in [1.29, 1.82) is 0 Å². The fourth-order valence-electron chi connectivity index (χ4n) is 2.13. The van der Waals surface area contributed by atoms with Gasteiger partial charge < -0.3 is 9.73 Å². The van der Waals surface area contributed by atoms with E-state index in [0.29, 0.717) is 12.0 Å². The number of nitrogens with one attached hydrogen (secondary N) is 1. The zero-order chi connectivity index (χ0) is 19.3. The largest absolute Gasteiger partial charge is 0.410 e. The number of sulfone groups is 1. The highest BCUT2D eigenvalue weighted by Gasteiger charge is 2.27. The van der Waals surface area contributed by atoms with Crippen LogP contribution in [0.15, 0.2) is 40.0 Å². The van der Waals surface area contributed by atoms with E-state index in [1.54, 1.807) is 12.1 Å². The van der Waals surface area contributed by atoms with Crippen molar-refractivity contribution in [3.63, 3.8) is 0 Å². The molecule has 0 aliphatic rings. The van der Waals surface area contributed by atoms with E-state index in [-0.39, 0.29) is 17.6 Å². The van der Waals surface area contributed by atoms with Crippen LogP contribution in [0.5, 0.6) is 0 Å². The van der Waals surface area contributed by atoms with Crippen molar-refractivity contribution >= 4 is 21.8 Å². The van der Waals surface area contributed by atoms with Crippen LogP contribution in [0.2, 0.25) is 0 Å². The van der Waals surface area contributed by atoms with Crippen molar-refractivity contribution in [3.8, 4) is 0 Å². The SMILES string of the molecule is CC[C@@H](C)[C@H](NC(=O)/C=C/c1ccc(F)cc1)c1nnc(S(C)(=O)=O)o1. The van der Waals surface area contributed by atoms with Gasteiger partial charge in [0.25, 0.3) is 0 Å². The predicted octanol–water partition coefficient (Wildman–Crippen LogP) is 2.53. The molecule has 1 heterocycles. The van der Waals surface area contributed by atoms with Gasteiger partial charge in [-0.2, -0.15) is 0 Å². The van der Waals surface area contributed by atoms with Crippen LogP contribution in [0.25, 0.3) is 6.08 Å². The third-order valence-electron chi connectivity index (χ3n) is 3.81. The molecule has 0 radical (unpaired) electrons. The molecule has 9 heteroatoms. The smallest absolute Gasteiger partial charge is 0.335 e. The molecule has 26 heavy (non-hydrogen) atoms. The Labute approximate surface area is 151 Å². The lowest BCUT2D eigenvalue weighted by molar-refractivity contribution is -0.117. The van der Waals surface area contributed by atoms with E-state index in [0.717, 1.165) is 6.26 Å². The molecule has 2 aromatic rings. The molecule has 1 N–H and O–H groups in total. The Hall–Kier alpha value is -2.55. The summed E-state index contributed by atoms with van der Waals surface area (Å²) in [6.45, 7) is 3.80.